The molecule has 0 aromatic heterocycles. The molecule has 1 aromatic carbocycles. The van der Waals surface area contributed by atoms with Gasteiger partial charge in [-0.15, -0.1) is 0 Å². The molecular formula is C16H25BrN2. The smallest absolute Gasteiger partial charge is 0.0484 e. The fourth-order valence-electron chi connectivity index (χ4n) is 3.26. The lowest BCUT2D eigenvalue weighted by atomic mass is 9.98. The van der Waals surface area contributed by atoms with Crippen LogP contribution in [0.4, 0.5) is 0 Å². The van der Waals surface area contributed by atoms with Crippen molar-refractivity contribution in [1.29, 1.82) is 0 Å². The van der Waals surface area contributed by atoms with E-state index in [1.165, 1.54) is 35.0 Å². The van der Waals surface area contributed by atoms with Gasteiger partial charge in [0.15, 0.2) is 0 Å². The molecule has 106 valence electrons. The van der Waals surface area contributed by atoms with Crippen LogP contribution in [0.5, 0.6) is 0 Å². The van der Waals surface area contributed by atoms with Crippen molar-refractivity contribution in [3.05, 3.63) is 33.8 Å². The van der Waals surface area contributed by atoms with Crippen LogP contribution in [0.15, 0.2) is 22.7 Å². The van der Waals surface area contributed by atoms with Crippen molar-refractivity contribution >= 4 is 15.9 Å². The standard InChI is InChI=1S/C16H25BrN2/c1-11(2)15-5-4-8-19(15)16(10-18)13-7-6-12(3)9-14(13)17/h6-7,9,11,15-16H,4-5,8,10,18H2,1-3H3. The van der Waals surface area contributed by atoms with Crippen molar-refractivity contribution in [3.8, 4) is 0 Å². The second-order valence-electron chi connectivity index (χ2n) is 5.97. The van der Waals surface area contributed by atoms with E-state index < -0.39 is 0 Å². The third kappa shape index (κ3) is 3.21. The quantitative estimate of drug-likeness (QED) is 0.910. The van der Waals surface area contributed by atoms with Gasteiger partial charge in [0.2, 0.25) is 0 Å². The van der Waals surface area contributed by atoms with Gasteiger partial charge in [-0.2, -0.15) is 0 Å². The minimum Gasteiger partial charge on any atom is -0.329 e. The van der Waals surface area contributed by atoms with Crippen molar-refractivity contribution in [3.63, 3.8) is 0 Å². The summed E-state index contributed by atoms with van der Waals surface area (Å²) in [4.78, 5) is 2.61. The first-order chi connectivity index (χ1) is 9.04. The van der Waals surface area contributed by atoms with E-state index in [0.29, 0.717) is 24.5 Å². The van der Waals surface area contributed by atoms with Crippen LogP contribution in [0.2, 0.25) is 0 Å². The van der Waals surface area contributed by atoms with Gasteiger partial charge in [-0.3, -0.25) is 4.90 Å². The van der Waals surface area contributed by atoms with Crippen LogP contribution in [0.25, 0.3) is 0 Å². The number of nitrogens with two attached hydrogens (primary N) is 1. The zero-order valence-electron chi connectivity index (χ0n) is 12.2. The Morgan fingerprint density at radius 2 is 2.16 bits per heavy atom. The summed E-state index contributed by atoms with van der Waals surface area (Å²) in [5.74, 6) is 0.695. The molecule has 2 atom stereocenters. The summed E-state index contributed by atoms with van der Waals surface area (Å²) < 4.78 is 1.19. The van der Waals surface area contributed by atoms with Gasteiger partial charge in [0, 0.05) is 23.1 Å². The van der Waals surface area contributed by atoms with E-state index in [1.807, 2.05) is 0 Å². The topological polar surface area (TPSA) is 29.3 Å². The van der Waals surface area contributed by atoms with E-state index >= 15 is 0 Å². The van der Waals surface area contributed by atoms with Crippen LogP contribution in [0.1, 0.15) is 43.9 Å². The highest BCUT2D eigenvalue weighted by atomic mass is 79.9. The third-order valence-corrected chi connectivity index (χ3v) is 4.94. The molecule has 1 aromatic rings. The Morgan fingerprint density at radius 3 is 2.74 bits per heavy atom. The van der Waals surface area contributed by atoms with Crippen molar-refractivity contribution in [2.75, 3.05) is 13.1 Å². The number of hydrogen-bond donors (Lipinski definition) is 1. The van der Waals surface area contributed by atoms with Crippen LogP contribution in [0.3, 0.4) is 0 Å². The number of halogens is 1. The predicted octanol–water partition coefficient (Wildman–Crippen LogP) is 3.88. The summed E-state index contributed by atoms with van der Waals surface area (Å²) >= 11 is 3.71. The van der Waals surface area contributed by atoms with E-state index in [0.717, 1.165) is 0 Å². The molecule has 2 rings (SSSR count). The maximum atomic E-state index is 6.09. The SMILES string of the molecule is Cc1ccc(C(CN)N2CCCC2C(C)C)c(Br)c1. The maximum absolute atomic E-state index is 6.09. The number of benzene rings is 1. The molecule has 2 nitrogen and oxygen atoms in total. The van der Waals surface area contributed by atoms with Crippen molar-refractivity contribution < 1.29 is 0 Å². The Morgan fingerprint density at radius 1 is 1.42 bits per heavy atom. The molecule has 1 aliphatic heterocycles. The highest BCUT2D eigenvalue weighted by Crippen LogP contribution is 2.35. The van der Waals surface area contributed by atoms with Gasteiger partial charge < -0.3 is 5.73 Å². The Labute approximate surface area is 125 Å². The van der Waals surface area contributed by atoms with Crippen LogP contribution < -0.4 is 5.73 Å². The number of aryl methyl sites for hydroxylation is 1. The summed E-state index contributed by atoms with van der Waals surface area (Å²) in [6.45, 7) is 8.62. The summed E-state index contributed by atoms with van der Waals surface area (Å²) in [5.41, 5.74) is 8.71. The molecule has 0 radical (unpaired) electrons. The highest BCUT2D eigenvalue weighted by Gasteiger charge is 2.33. The Balaban J connectivity index is 2.28. The van der Waals surface area contributed by atoms with E-state index in [1.54, 1.807) is 0 Å². The maximum Gasteiger partial charge on any atom is 0.0484 e. The van der Waals surface area contributed by atoms with Gasteiger partial charge >= 0.3 is 0 Å². The molecule has 1 saturated heterocycles. The lowest BCUT2D eigenvalue weighted by molar-refractivity contribution is 0.149. The second-order valence-corrected chi connectivity index (χ2v) is 6.82. The molecule has 2 unspecified atom stereocenters. The van der Waals surface area contributed by atoms with Crippen molar-refractivity contribution in [1.82, 2.24) is 4.90 Å². The molecule has 0 spiro atoms. The fraction of sp³-hybridized carbons (Fsp3) is 0.625. The third-order valence-electron chi connectivity index (χ3n) is 4.25. The Bertz CT molecular complexity index is 431. The van der Waals surface area contributed by atoms with Crippen LogP contribution >= 0.6 is 15.9 Å². The largest absolute Gasteiger partial charge is 0.329 e. The van der Waals surface area contributed by atoms with E-state index in [9.17, 15) is 0 Å². The van der Waals surface area contributed by atoms with E-state index in [4.69, 9.17) is 5.73 Å². The Kier molecular flexibility index (Phi) is 5.04. The van der Waals surface area contributed by atoms with Crippen molar-refractivity contribution in [2.24, 2.45) is 11.7 Å². The van der Waals surface area contributed by atoms with Gasteiger partial charge in [-0.05, 0) is 49.4 Å². The molecule has 0 aliphatic carbocycles. The van der Waals surface area contributed by atoms with Gasteiger partial charge in [-0.1, -0.05) is 41.9 Å². The summed E-state index contributed by atoms with van der Waals surface area (Å²) in [5, 5.41) is 0. The van der Waals surface area contributed by atoms with Gasteiger partial charge in [0.1, 0.15) is 0 Å². The van der Waals surface area contributed by atoms with Gasteiger partial charge in [0.25, 0.3) is 0 Å². The van der Waals surface area contributed by atoms with Crippen LogP contribution in [-0.4, -0.2) is 24.0 Å². The first-order valence-corrected chi connectivity index (χ1v) is 8.05. The molecule has 0 bridgehead atoms. The fourth-order valence-corrected chi connectivity index (χ4v) is 4.02. The number of nitrogens with zero attached hydrogens (tertiary/aromatic N) is 1. The molecule has 1 heterocycles. The van der Waals surface area contributed by atoms with Crippen LogP contribution in [-0.2, 0) is 0 Å². The van der Waals surface area contributed by atoms with Crippen LogP contribution in [0, 0.1) is 12.8 Å². The monoisotopic (exact) mass is 324 g/mol. The molecule has 1 fully saturated rings. The highest BCUT2D eigenvalue weighted by molar-refractivity contribution is 9.10. The summed E-state index contributed by atoms with van der Waals surface area (Å²) in [7, 11) is 0. The second kappa shape index (κ2) is 6.38. The number of likely N-dealkylation sites (tertiary alicyclic amines) is 1. The zero-order chi connectivity index (χ0) is 14.0. The average Bonchev–Trinajstić information content (AvgIpc) is 2.82. The number of hydrogen-bond acceptors (Lipinski definition) is 2. The molecule has 19 heavy (non-hydrogen) atoms. The molecule has 1 aliphatic rings. The molecule has 0 amide bonds. The zero-order valence-corrected chi connectivity index (χ0v) is 13.8. The lowest BCUT2D eigenvalue weighted by Gasteiger charge is -2.35. The van der Waals surface area contributed by atoms with Crippen molar-refractivity contribution in [2.45, 2.75) is 45.7 Å². The van der Waals surface area contributed by atoms with E-state index in [2.05, 4.69) is 59.8 Å². The normalized spacial score (nSPS) is 22.1. The number of rotatable bonds is 4. The van der Waals surface area contributed by atoms with Gasteiger partial charge in [-0.25, -0.2) is 0 Å². The minimum absolute atomic E-state index is 0.338. The molecule has 0 saturated carbocycles. The molecule has 3 heteroatoms. The first-order valence-electron chi connectivity index (χ1n) is 7.26. The average molecular weight is 325 g/mol. The predicted molar refractivity (Wildman–Crippen MR) is 85.2 cm³/mol. The molecular weight excluding hydrogens is 300 g/mol. The minimum atomic E-state index is 0.338. The Hall–Kier alpha value is -0.380. The molecule has 2 N–H and O–H groups in total. The van der Waals surface area contributed by atoms with E-state index in [-0.39, 0.29) is 0 Å². The van der Waals surface area contributed by atoms with Gasteiger partial charge in [0.05, 0.1) is 0 Å². The summed E-state index contributed by atoms with van der Waals surface area (Å²) in [6.07, 6.45) is 2.60. The summed E-state index contributed by atoms with van der Waals surface area (Å²) in [6, 6.07) is 7.61. The first kappa shape index (κ1) is 15.0. The lowest BCUT2D eigenvalue weighted by Crippen LogP contribution is -2.40.